The average Bonchev–Trinajstić information content (AvgIpc) is 2.68. The van der Waals surface area contributed by atoms with E-state index in [0.717, 1.165) is 65.2 Å². The summed E-state index contributed by atoms with van der Waals surface area (Å²) in [6.45, 7) is 11.4. The van der Waals surface area contributed by atoms with E-state index < -0.39 is 0 Å². The predicted octanol–water partition coefficient (Wildman–Crippen LogP) is 1.44. The van der Waals surface area contributed by atoms with Gasteiger partial charge in [-0.15, -0.1) is 0 Å². The van der Waals surface area contributed by atoms with E-state index in [4.69, 9.17) is 0 Å². The van der Waals surface area contributed by atoms with Gasteiger partial charge < -0.3 is 15.5 Å². The van der Waals surface area contributed by atoms with E-state index >= 15 is 0 Å². The van der Waals surface area contributed by atoms with Crippen LogP contribution in [0.15, 0.2) is 24.3 Å². The molecule has 5 nitrogen and oxygen atoms in total. The van der Waals surface area contributed by atoms with Crippen LogP contribution in [0.4, 0.5) is 0 Å². The third-order valence-corrected chi connectivity index (χ3v) is 5.55. The second-order valence-corrected chi connectivity index (χ2v) is 7.24. The van der Waals surface area contributed by atoms with Crippen molar-refractivity contribution in [2.75, 3.05) is 45.8 Å². The lowest BCUT2D eigenvalue weighted by molar-refractivity contribution is -0.125. The van der Waals surface area contributed by atoms with Gasteiger partial charge in [-0.05, 0) is 37.1 Å². The van der Waals surface area contributed by atoms with E-state index in [9.17, 15) is 4.79 Å². The number of nitrogens with zero attached hydrogens (tertiary/aromatic N) is 2. The molecule has 1 unspecified atom stereocenters. The van der Waals surface area contributed by atoms with Crippen LogP contribution in [0.25, 0.3) is 0 Å². The smallest absolute Gasteiger partial charge is 0.224 e. The fourth-order valence-corrected chi connectivity index (χ4v) is 3.79. The normalized spacial score (nSPS) is 22.7. The summed E-state index contributed by atoms with van der Waals surface area (Å²) in [7, 11) is 0. The Hall–Kier alpha value is -1.43. The topological polar surface area (TPSA) is 47.6 Å². The highest BCUT2D eigenvalue weighted by atomic mass is 16.1. The molecule has 1 amide bonds. The number of amides is 1. The van der Waals surface area contributed by atoms with E-state index in [1.165, 1.54) is 11.1 Å². The van der Waals surface area contributed by atoms with Crippen LogP contribution < -0.4 is 10.6 Å². The summed E-state index contributed by atoms with van der Waals surface area (Å²) in [5.74, 6) is 0.321. The number of rotatable bonds is 6. The summed E-state index contributed by atoms with van der Waals surface area (Å²) in [4.78, 5) is 17.4. The molecule has 2 aliphatic rings. The summed E-state index contributed by atoms with van der Waals surface area (Å²) in [6.07, 6.45) is 2.10. The van der Waals surface area contributed by atoms with Crippen LogP contribution in [-0.4, -0.2) is 61.5 Å². The van der Waals surface area contributed by atoms with Crippen molar-refractivity contribution in [1.82, 2.24) is 20.4 Å². The first-order chi connectivity index (χ1) is 12.3. The molecule has 2 N–H and O–H groups in total. The maximum atomic E-state index is 12.4. The molecule has 25 heavy (non-hydrogen) atoms. The van der Waals surface area contributed by atoms with E-state index in [1.807, 2.05) is 0 Å². The number of likely N-dealkylation sites (N-methyl/N-ethyl adjacent to an activating group) is 1. The number of carbonyl (C=O) groups excluding carboxylic acids is 1. The molecule has 2 saturated heterocycles. The Balaban J connectivity index is 1.53. The molecular weight excluding hydrogens is 312 g/mol. The highest BCUT2D eigenvalue weighted by Crippen LogP contribution is 2.15. The number of piperidine rings is 1. The van der Waals surface area contributed by atoms with Crippen LogP contribution in [0, 0.1) is 5.92 Å². The molecule has 2 heterocycles. The van der Waals surface area contributed by atoms with Gasteiger partial charge in [0.2, 0.25) is 5.91 Å². The Bertz CT molecular complexity index is 548. The number of hydrogen-bond acceptors (Lipinski definition) is 4. The largest absolute Gasteiger partial charge is 0.352 e. The van der Waals surface area contributed by atoms with Gasteiger partial charge in [0.1, 0.15) is 0 Å². The van der Waals surface area contributed by atoms with Crippen molar-refractivity contribution in [2.45, 2.75) is 32.9 Å². The third kappa shape index (κ3) is 5.27. The monoisotopic (exact) mass is 344 g/mol. The fraction of sp³-hybridized carbons (Fsp3) is 0.650. The molecule has 0 aliphatic carbocycles. The van der Waals surface area contributed by atoms with Crippen LogP contribution in [0.5, 0.6) is 0 Å². The maximum absolute atomic E-state index is 12.4. The second-order valence-electron chi connectivity index (χ2n) is 7.24. The van der Waals surface area contributed by atoms with Gasteiger partial charge in [0, 0.05) is 45.8 Å². The van der Waals surface area contributed by atoms with Crippen molar-refractivity contribution >= 4 is 5.91 Å². The van der Waals surface area contributed by atoms with Crippen LogP contribution in [0.1, 0.15) is 30.9 Å². The lowest BCUT2D eigenvalue weighted by atomic mass is 9.98. The number of piperazine rings is 1. The molecule has 1 atom stereocenters. The Labute approximate surface area is 151 Å². The lowest BCUT2D eigenvalue weighted by Crippen LogP contribution is -2.45. The van der Waals surface area contributed by atoms with Crippen LogP contribution >= 0.6 is 0 Å². The molecule has 138 valence electrons. The highest BCUT2D eigenvalue weighted by molar-refractivity contribution is 5.79. The highest BCUT2D eigenvalue weighted by Gasteiger charge is 2.21. The number of nitrogens with one attached hydrogen (secondary N) is 2. The summed E-state index contributed by atoms with van der Waals surface area (Å²) in [6, 6.07) is 8.53. The zero-order valence-electron chi connectivity index (χ0n) is 15.5. The Kier molecular flexibility index (Phi) is 6.84. The first-order valence-electron chi connectivity index (χ1n) is 9.76. The quantitative estimate of drug-likeness (QED) is 0.820. The van der Waals surface area contributed by atoms with E-state index in [1.54, 1.807) is 0 Å². The minimum Gasteiger partial charge on any atom is -0.352 e. The van der Waals surface area contributed by atoms with Gasteiger partial charge in [-0.2, -0.15) is 0 Å². The van der Waals surface area contributed by atoms with Crippen molar-refractivity contribution < 1.29 is 4.79 Å². The number of benzene rings is 1. The SMILES string of the molecule is CCN1CCN(Cc2ccccc2CNC(=O)C2CCCNC2)CC1. The Morgan fingerprint density at radius 1 is 1.16 bits per heavy atom. The van der Waals surface area contributed by atoms with Gasteiger partial charge in [-0.1, -0.05) is 31.2 Å². The molecule has 0 radical (unpaired) electrons. The van der Waals surface area contributed by atoms with Crippen LogP contribution in [0.2, 0.25) is 0 Å². The molecule has 1 aromatic carbocycles. The van der Waals surface area contributed by atoms with Gasteiger partial charge in [0.05, 0.1) is 5.92 Å². The minimum atomic E-state index is 0.128. The summed E-state index contributed by atoms with van der Waals surface area (Å²) >= 11 is 0. The minimum absolute atomic E-state index is 0.128. The van der Waals surface area contributed by atoms with Crippen molar-refractivity contribution in [3.63, 3.8) is 0 Å². The molecule has 0 spiro atoms. The van der Waals surface area contributed by atoms with Crippen LogP contribution in [-0.2, 0) is 17.9 Å². The van der Waals surface area contributed by atoms with E-state index in [0.29, 0.717) is 6.54 Å². The molecule has 1 aromatic rings. The standard InChI is InChI=1S/C20H32N4O/c1-2-23-10-12-24(13-11-23)16-19-7-4-3-6-17(19)15-22-20(25)18-8-5-9-21-14-18/h3-4,6-7,18,21H,2,5,8-16H2,1H3,(H,22,25). The molecule has 3 rings (SSSR count). The first kappa shape index (κ1) is 18.4. The Morgan fingerprint density at radius 3 is 2.56 bits per heavy atom. The second kappa shape index (κ2) is 9.32. The molecule has 2 aliphatic heterocycles. The van der Waals surface area contributed by atoms with Crippen molar-refractivity contribution in [1.29, 1.82) is 0 Å². The average molecular weight is 345 g/mol. The molecule has 0 bridgehead atoms. The molecule has 0 saturated carbocycles. The number of carbonyl (C=O) groups is 1. The zero-order valence-corrected chi connectivity index (χ0v) is 15.5. The van der Waals surface area contributed by atoms with Gasteiger partial charge >= 0.3 is 0 Å². The molecule has 2 fully saturated rings. The zero-order chi connectivity index (χ0) is 17.5. The van der Waals surface area contributed by atoms with Crippen molar-refractivity contribution in [3.05, 3.63) is 35.4 Å². The number of hydrogen-bond donors (Lipinski definition) is 2. The molecular formula is C20H32N4O. The van der Waals surface area contributed by atoms with E-state index in [2.05, 4.69) is 51.6 Å². The summed E-state index contributed by atoms with van der Waals surface area (Å²) < 4.78 is 0. The van der Waals surface area contributed by atoms with Gasteiger partial charge in [-0.25, -0.2) is 0 Å². The van der Waals surface area contributed by atoms with Crippen molar-refractivity contribution in [2.24, 2.45) is 5.92 Å². The van der Waals surface area contributed by atoms with Crippen molar-refractivity contribution in [3.8, 4) is 0 Å². The molecule has 5 heteroatoms. The van der Waals surface area contributed by atoms with Gasteiger partial charge in [0.25, 0.3) is 0 Å². The van der Waals surface area contributed by atoms with Gasteiger partial charge in [-0.3, -0.25) is 9.69 Å². The summed E-state index contributed by atoms with van der Waals surface area (Å²) in [5, 5.41) is 6.47. The Morgan fingerprint density at radius 2 is 1.88 bits per heavy atom. The first-order valence-corrected chi connectivity index (χ1v) is 9.76. The molecule has 0 aromatic heterocycles. The lowest BCUT2D eigenvalue weighted by Gasteiger charge is -2.34. The third-order valence-electron chi connectivity index (χ3n) is 5.55. The van der Waals surface area contributed by atoms with Crippen LogP contribution in [0.3, 0.4) is 0 Å². The van der Waals surface area contributed by atoms with E-state index in [-0.39, 0.29) is 11.8 Å². The van der Waals surface area contributed by atoms with Gasteiger partial charge in [0.15, 0.2) is 0 Å². The fourth-order valence-electron chi connectivity index (χ4n) is 3.79. The maximum Gasteiger partial charge on any atom is 0.224 e. The summed E-state index contributed by atoms with van der Waals surface area (Å²) in [5.41, 5.74) is 2.59. The predicted molar refractivity (Wildman–Crippen MR) is 101 cm³/mol.